The van der Waals surface area contributed by atoms with E-state index in [0.29, 0.717) is 0 Å². The van der Waals surface area contributed by atoms with E-state index in [4.69, 9.17) is 0 Å². The minimum atomic E-state index is -0.304. The molecule has 0 radical (unpaired) electrons. The third-order valence-electron chi connectivity index (χ3n) is 3.52. The molecule has 3 nitrogen and oxygen atoms in total. The lowest BCUT2D eigenvalue weighted by Crippen LogP contribution is -2.46. The van der Waals surface area contributed by atoms with Gasteiger partial charge in [-0.25, -0.2) is 0 Å². The molecule has 1 aromatic carbocycles. The largest absolute Gasteiger partial charge is 0.325 e. The molecule has 1 fully saturated rings. The number of nitrogens with one attached hydrogen (secondary N) is 2. The Hall–Kier alpha value is -0.870. The van der Waals surface area contributed by atoms with Gasteiger partial charge in [0.15, 0.2) is 0 Å². The molecule has 1 amide bonds. The van der Waals surface area contributed by atoms with Crippen molar-refractivity contribution in [3.63, 3.8) is 0 Å². The highest BCUT2D eigenvalue weighted by molar-refractivity contribution is 9.10. The van der Waals surface area contributed by atoms with Crippen LogP contribution >= 0.6 is 15.9 Å². The van der Waals surface area contributed by atoms with E-state index in [-0.39, 0.29) is 11.3 Å². The molecular formula is C14H19BrN2O. The zero-order chi connectivity index (χ0) is 13.2. The van der Waals surface area contributed by atoms with Crippen molar-refractivity contribution in [1.29, 1.82) is 0 Å². The monoisotopic (exact) mass is 310 g/mol. The topological polar surface area (TPSA) is 41.1 Å². The van der Waals surface area contributed by atoms with Crippen LogP contribution in [0.3, 0.4) is 0 Å². The van der Waals surface area contributed by atoms with Gasteiger partial charge in [0.1, 0.15) is 0 Å². The van der Waals surface area contributed by atoms with E-state index in [1.165, 1.54) is 0 Å². The van der Waals surface area contributed by atoms with Gasteiger partial charge in [-0.1, -0.05) is 6.07 Å². The molecule has 1 aliphatic rings. The van der Waals surface area contributed by atoms with Crippen LogP contribution in [0.2, 0.25) is 0 Å². The van der Waals surface area contributed by atoms with Crippen LogP contribution in [0.1, 0.15) is 25.3 Å². The molecule has 0 saturated carbocycles. The molecule has 1 unspecified atom stereocenters. The summed E-state index contributed by atoms with van der Waals surface area (Å²) in [5.41, 5.74) is 1.69. The molecule has 0 aromatic heterocycles. The molecular weight excluding hydrogens is 292 g/mol. The molecule has 1 aliphatic heterocycles. The van der Waals surface area contributed by atoms with Crippen molar-refractivity contribution in [2.24, 2.45) is 5.41 Å². The number of benzene rings is 1. The second-order valence-electron chi connectivity index (χ2n) is 5.28. The number of anilines is 1. The van der Waals surface area contributed by atoms with Gasteiger partial charge in [0.2, 0.25) is 5.91 Å². The van der Waals surface area contributed by atoms with E-state index in [0.717, 1.165) is 41.7 Å². The summed E-state index contributed by atoms with van der Waals surface area (Å²) in [5, 5.41) is 6.33. The van der Waals surface area contributed by atoms with E-state index in [1.807, 2.05) is 32.0 Å². The Kier molecular flexibility index (Phi) is 4.07. The lowest BCUT2D eigenvalue weighted by Gasteiger charge is -2.32. The van der Waals surface area contributed by atoms with Gasteiger partial charge in [-0.15, -0.1) is 0 Å². The number of aryl methyl sites for hydroxylation is 1. The number of rotatable bonds is 2. The van der Waals surface area contributed by atoms with Gasteiger partial charge in [0.25, 0.3) is 0 Å². The first-order valence-electron chi connectivity index (χ1n) is 6.30. The number of piperidine rings is 1. The summed E-state index contributed by atoms with van der Waals surface area (Å²) in [7, 11) is 0. The molecule has 1 aromatic rings. The summed E-state index contributed by atoms with van der Waals surface area (Å²) < 4.78 is 0.925. The first-order valence-corrected chi connectivity index (χ1v) is 7.09. The second kappa shape index (κ2) is 5.41. The SMILES string of the molecule is Cc1ccc(Br)c(NC(=O)C2(C)CCCNC2)c1. The van der Waals surface area contributed by atoms with Crippen LogP contribution in [0.25, 0.3) is 0 Å². The van der Waals surface area contributed by atoms with Gasteiger partial charge >= 0.3 is 0 Å². The summed E-state index contributed by atoms with van der Waals surface area (Å²) in [6, 6.07) is 5.97. The van der Waals surface area contributed by atoms with Gasteiger partial charge in [0, 0.05) is 11.0 Å². The van der Waals surface area contributed by atoms with Crippen LogP contribution in [-0.2, 0) is 4.79 Å². The summed E-state index contributed by atoms with van der Waals surface area (Å²) in [6.07, 6.45) is 1.99. The van der Waals surface area contributed by atoms with Crippen LogP contribution in [0.4, 0.5) is 5.69 Å². The van der Waals surface area contributed by atoms with E-state index in [2.05, 4.69) is 26.6 Å². The van der Waals surface area contributed by atoms with Gasteiger partial charge in [-0.05, 0) is 66.9 Å². The molecule has 98 valence electrons. The molecule has 2 N–H and O–H groups in total. The van der Waals surface area contributed by atoms with Crippen molar-refractivity contribution in [1.82, 2.24) is 5.32 Å². The molecule has 1 saturated heterocycles. The number of amides is 1. The van der Waals surface area contributed by atoms with E-state index >= 15 is 0 Å². The van der Waals surface area contributed by atoms with E-state index in [9.17, 15) is 4.79 Å². The first kappa shape index (κ1) is 13.6. The van der Waals surface area contributed by atoms with E-state index < -0.39 is 0 Å². The highest BCUT2D eigenvalue weighted by Crippen LogP contribution is 2.29. The maximum Gasteiger partial charge on any atom is 0.231 e. The van der Waals surface area contributed by atoms with Crippen molar-refractivity contribution < 1.29 is 4.79 Å². The summed E-state index contributed by atoms with van der Waals surface area (Å²) >= 11 is 3.47. The summed E-state index contributed by atoms with van der Waals surface area (Å²) in [4.78, 5) is 12.4. The predicted octanol–water partition coefficient (Wildman–Crippen LogP) is 3.09. The van der Waals surface area contributed by atoms with Gasteiger partial charge in [-0.2, -0.15) is 0 Å². The van der Waals surface area contributed by atoms with Gasteiger partial charge < -0.3 is 10.6 Å². The maximum atomic E-state index is 12.4. The number of hydrogen-bond donors (Lipinski definition) is 2. The third-order valence-corrected chi connectivity index (χ3v) is 4.21. The number of carbonyl (C=O) groups excluding carboxylic acids is 1. The minimum Gasteiger partial charge on any atom is -0.325 e. The second-order valence-corrected chi connectivity index (χ2v) is 6.13. The van der Waals surface area contributed by atoms with Crippen LogP contribution in [0.5, 0.6) is 0 Å². The van der Waals surface area contributed by atoms with Crippen molar-refractivity contribution in [2.75, 3.05) is 18.4 Å². The van der Waals surface area contributed by atoms with Crippen molar-refractivity contribution >= 4 is 27.5 Å². The van der Waals surface area contributed by atoms with Crippen LogP contribution in [-0.4, -0.2) is 19.0 Å². The number of carbonyl (C=O) groups is 1. The lowest BCUT2D eigenvalue weighted by molar-refractivity contribution is -0.125. The fourth-order valence-electron chi connectivity index (χ4n) is 2.26. The lowest BCUT2D eigenvalue weighted by atomic mass is 9.82. The van der Waals surface area contributed by atoms with Gasteiger partial charge in [0.05, 0.1) is 11.1 Å². The summed E-state index contributed by atoms with van der Waals surface area (Å²) in [6.45, 7) is 5.81. The first-order chi connectivity index (χ1) is 8.51. The highest BCUT2D eigenvalue weighted by Gasteiger charge is 2.34. The molecule has 1 heterocycles. The highest BCUT2D eigenvalue weighted by atomic mass is 79.9. The Balaban J connectivity index is 2.13. The quantitative estimate of drug-likeness (QED) is 0.881. The molecule has 1 atom stereocenters. The van der Waals surface area contributed by atoms with Crippen LogP contribution in [0.15, 0.2) is 22.7 Å². The molecule has 0 aliphatic carbocycles. The average Bonchev–Trinajstić information content (AvgIpc) is 2.35. The predicted molar refractivity (Wildman–Crippen MR) is 77.7 cm³/mol. The summed E-state index contributed by atoms with van der Waals surface area (Å²) in [5.74, 6) is 0.0981. The van der Waals surface area contributed by atoms with Crippen LogP contribution < -0.4 is 10.6 Å². The fraction of sp³-hybridized carbons (Fsp3) is 0.500. The number of halogens is 1. The third kappa shape index (κ3) is 2.93. The average molecular weight is 311 g/mol. The Morgan fingerprint density at radius 3 is 2.94 bits per heavy atom. The van der Waals surface area contributed by atoms with E-state index in [1.54, 1.807) is 0 Å². The Labute approximate surface area is 116 Å². The fourth-order valence-corrected chi connectivity index (χ4v) is 2.60. The normalized spacial score (nSPS) is 23.7. The molecule has 4 heteroatoms. The zero-order valence-corrected chi connectivity index (χ0v) is 12.4. The molecule has 18 heavy (non-hydrogen) atoms. The smallest absolute Gasteiger partial charge is 0.231 e. The standard InChI is InChI=1S/C14H19BrN2O/c1-10-4-5-11(15)12(8-10)17-13(18)14(2)6-3-7-16-9-14/h4-5,8,16H,3,6-7,9H2,1-2H3,(H,17,18). The van der Waals surface area contributed by atoms with Crippen molar-refractivity contribution in [2.45, 2.75) is 26.7 Å². The Morgan fingerprint density at radius 2 is 2.28 bits per heavy atom. The Morgan fingerprint density at radius 1 is 1.50 bits per heavy atom. The van der Waals surface area contributed by atoms with Crippen molar-refractivity contribution in [3.05, 3.63) is 28.2 Å². The molecule has 0 bridgehead atoms. The van der Waals surface area contributed by atoms with Crippen molar-refractivity contribution in [3.8, 4) is 0 Å². The van der Waals surface area contributed by atoms with Crippen LogP contribution in [0, 0.1) is 12.3 Å². The number of hydrogen-bond acceptors (Lipinski definition) is 2. The minimum absolute atomic E-state index is 0.0981. The Bertz CT molecular complexity index is 453. The molecule has 0 spiro atoms. The maximum absolute atomic E-state index is 12.4. The molecule has 2 rings (SSSR count). The van der Waals surface area contributed by atoms with Gasteiger partial charge in [-0.3, -0.25) is 4.79 Å². The zero-order valence-electron chi connectivity index (χ0n) is 10.8.